The number of hydrogen-bond donors (Lipinski definition) is 3. The molecule has 2 aliphatic heterocycles. The maximum Gasteiger partial charge on any atom is 0.206 e. The van der Waals surface area contributed by atoms with E-state index in [9.17, 15) is 19.9 Å². The number of aliphatic hydroxyl groups is 2. The third kappa shape index (κ3) is 2.33. The number of nitrogens with zero attached hydrogens (tertiary/aromatic N) is 3. The van der Waals surface area contributed by atoms with Gasteiger partial charge >= 0.3 is 0 Å². The average Bonchev–Trinajstić information content (AvgIpc) is 3.11. The van der Waals surface area contributed by atoms with Crippen LogP contribution < -0.4 is 5.73 Å². The van der Waals surface area contributed by atoms with E-state index in [0.717, 1.165) is 0 Å². The first kappa shape index (κ1) is 16.6. The van der Waals surface area contributed by atoms with Crippen LogP contribution in [0.25, 0.3) is 0 Å². The van der Waals surface area contributed by atoms with Gasteiger partial charge in [0.25, 0.3) is 0 Å². The standard InChI is InChI=1S/C16H19FN4O3/c1-9-3-2-6-20-15(19)11-5-4-10(21(9)11)13-12(17)14(23)16(7-18,8-22)24-13/h2,4-6,9,12-14,22-23H,3,8H2,1H3,(H2,19,20). The zero-order chi connectivity index (χ0) is 17.5. The van der Waals surface area contributed by atoms with Crippen LogP contribution in [0.4, 0.5) is 4.39 Å². The van der Waals surface area contributed by atoms with Gasteiger partial charge in [0.05, 0.1) is 18.0 Å². The van der Waals surface area contributed by atoms with Crippen LogP contribution >= 0.6 is 0 Å². The molecule has 5 unspecified atom stereocenters. The van der Waals surface area contributed by atoms with Crippen LogP contribution in [0, 0.1) is 11.3 Å². The van der Waals surface area contributed by atoms with Gasteiger partial charge < -0.3 is 25.3 Å². The van der Waals surface area contributed by atoms with E-state index in [0.29, 0.717) is 17.8 Å². The van der Waals surface area contributed by atoms with Crippen LogP contribution in [-0.2, 0) is 4.74 Å². The summed E-state index contributed by atoms with van der Waals surface area (Å²) in [5.74, 6) is 0.284. The molecule has 7 nitrogen and oxygen atoms in total. The van der Waals surface area contributed by atoms with Crippen molar-refractivity contribution in [2.24, 2.45) is 10.7 Å². The van der Waals surface area contributed by atoms with Crippen molar-refractivity contribution in [3.8, 4) is 6.07 Å². The lowest BCUT2D eigenvalue weighted by Gasteiger charge is -2.24. The minimum Gasteiger partial charge on any atom is -0.392 e. The third-order valence-electron chi connectivity index (χ3n) is 4.57. The molecule has 3 rings (SSSR count). The zero-order valence-corrected chi connectivity index (χ0v) is 13.1. The highest BCUT2D eigenvalue weighted by Gasteiger charge is 2.57. The van der Waals surface area contributed by atoms with Crippen LogP contribution in [0.15, 0.2) is 29.4 Å². The molecule has 1 aromatic rings. The molecule has 8 heteroatoms. The molecule has 0 aromatic carbocycles. The molecule has 0 amide bonds. The summed E-state index contributed by atoms with van der Waals surface area (Å²) in [4.78, 5) is 4.11. The van der Waals surface area contributed by atoms with Gasteiger partial charge in [0.2, 0.25) is 5.60 Å². The molecule has 1 fully saturated rings. The minimum atomic E-state index is -1.97. The fourth-order valence-corrected chi connectivity index (χ4v) is 3.23. The van der Waals surface area contributed by atoms with Gasteiger partial charge in [-0.2, -0.15) is 5.26 Å². The first-order valence-corrected chi connectivity index (χ1v) is 7.67. The van der Waals surface area contributed by atoms with Gasteiger partial charge in [0.15, 0.2) is 6.17 Å². The number of rotatable bonds is 2. The number of aromatic nitrogens is 1. The quantitative estimate of drug-likeness (QED) is 0.736. The highest BCUT2D eigenvalue weighted by Crippen LogP contribution is 2.43. The van der Waals surface area contributed by atoms with Crippen LogP contribution in [-0.4, -0.2) is 45.1 Å². The van der Waals surface area contributed by atoms with Crippen LogP contribution in [0.3, 0.4) is 0 Å². The van der Waals surface area contributed by atoms with E-state index < -0.39 is 30.6 Å². The molecular weight excluding hydrogens is 315 g/mol. The second-order valence-electron chi connectivity index (χ2n) is 6.08. The number of halogens is 1. The maximum absolute atomic E-state index is 14.7. The Kier molecular flexibility index (Phi) is 4.17. The van der Waals surface area contributed by atoms with Crippen molar-refractivity contribution in [2.75, 3.05) is 6.61 Å². The van der Waals surface area contributed by atoms with Crippen LogP contribution in [0.1, 0.15) is 36.9 Å². The van der Waals surface area contributed by atoms with Gasteiger partial charge in [-0.25, -0.2) is 9.38 Å². The Morgan fingerprint density at radius 1 is 1.58 bits per heavy atom. The predicted molar refractivity (Wildman–Crippen MR) is 83.8 cm³/mol. The van der Waals surface area contributed by atoms with Gasteiger partial charge in [0, 0.05) is 12.2 Å². The van der Waals surface area contributed by atoms with Crippen molar-refractivity contribution in [1.82, 2.24) is 4.57 Å². The van der Waals surface area contributed by atoms with Crippen molar-refractivity contribution in [1.29, 1.82) is 5.26 Å². The van der Waals surface area contributed by atoms with Crippen molar-refractivity contribution in [2.45, 2.75) is 43.4 Å². The van der Waals surface area contributed by atoms with Gasteiger partial charge in [-0.1, -0.05) is 6.08 Å². The molecule has 2 aliphatic rings. The van der Waals surface area contributed by atoms with Crippen molar-refractivity contribution < 1.29 is 19.3 Å². The van der Waals surface area contributed by atoms with E-state index in [2.05, 4.69) is 4.99 Å². The maximum atomic E-state index is 14.7. The fourth-order valence-electron chi connectivity index (χ4n) is 3.23. The number of amidine groups is 1. The number of fused-ring (bicyclic) bond motifs is 1. The highest BCUT2D eigenvalue weighted by molar-refractivity contribution is 5.96. The van der Waals surface area contributed by atoms with Gasteiger partial charge in [-0.15, -0.1) is 0 Å². The monoisotopic (exact) mass is 334 g/mol. The molecule has 0 saturated carbocycles. The second-order valence-corrected chi connectivity index (χ2v) is 6.08. The molecule has 5 atom stereocenters. The van der Waals surface area contributed by atoms with Gasteiger partial charge in [-0.05, 0) is 25.5 Å². The first-order valence-electron chi connectivity index (χ1n) is 7.67. The normalized spacial score (nSPS) is 35.7. The molecule has 0 aliphatic carbocycles. The number of alkyl halides is 1. The summed E-state index contributed by atoms with van der Waals surface area (Å²) in [6.45, 7) is 1.15. The Hall–Kier alpha value is -2.21. The van der Waals surface area contributed by atoms with Crippen molar-refractivity contribution in [3.63, 3.8) is 0 Å². The summed E-state index contributed by atoms with van der Waals surface area (Å²) in [6.07, 6.45) is -0.627. The summed E-state index contributed by atoms with van der Waals surface area (Å²) in [5.41, 5.74) is 5.05. The van der Waals surface area contributed by atoms with Gasteiger partial charge in [0.1, 0.15) is 24.1 Å². The molecule has 0 spiro atoms. The number of aliphatic hydroxyl groups excluding tert-OH is 2. The molecule has 0 radical (unpaired) electrons. The molecule has 3 heterocycles. The lowest BCUT2D eigenvalue weighted by Crippen LogP contribution is -2.44. The molecule has 1 aromatic heterocycles. The molecule has 24 heavy (non-hydrogen) atoms. The van der Waals surface area contributed by atoms with Crippen LogP contribution in [0.2, 0.25) is 0 Å². The number of ether oxygens (including phenoxy) is 1. The lowest BCUT2D eigenvalue weighted by atomic mass is 9.97. The van der Waals surface area contributed by atoms with Gasteiger partial charge in [-0.3, -0.25) is 0 Å². The zero-order valence-electron chi connectivity index (χ0n) is 13.1. The van der Waals surface area contributed by atoms with Crippen molar-refractivity contribution >= 4 is 5.84 Å². The van der Waals surface area contributed by atoms with Crippen LogP contribution in [0.5, 0.6) is 0 Å². The Balaban J connectivity index is 2.07. The number of hydrogen-bond acceptors (Lipinski definition) is 6. The summed E-state index contributed by atoms with van der Waals surface area (Å²) >= 11 is 0. The Morgan fingerprint density at radius 2 is 2.33 bits per heavy atom. The largest absolute Gasteiger partial charge is 0.392 e. The van der Waals surface area contributed by atoms with E-state index in [-0.39, 0.29) is 11.9 Å². The van der Waals surface area contributed by atoms with Crippen molar-refractivity contribution in [3.05, 3.63) is 35.8 Å². The highest BCUT2D eigenvalue weighted by atomic mass is 19.1. The molecule has 4 N–H and O–H groups in total. The summed E-state index contributed by atoms with van der Waals surface area (Å²) in [7, 11) is 0. The molecular formula is C16H19FN4O3. The second kappa shape index (κ2) is 6.02. The lowest BCUT2D eigenvalue weighted by molar-refractivity contribution is -0.0751. The van der Waals surface area contributed by atoms with E-state index in [4.69, 9.17) is 10.5 Å². The Labute approximate surface area is 138 Å². The Morgan fingerprint density at radius 3 is 2.96 bits per heavy atom. The third-order valence-corrected chi connectivity index (χ3v) is 4.57. The topological polar surface area (TPSA) is 117 Å². The summed E-state index contributed by atoms with van der Waals surface area (Å²) in [6, 6.07) is 5.00. The minimum absolute atomic E-state index is 0.0468. The molecule has 1 saturated heterocycles. The van der Waals surface area contributed by atoms with E-state index >= 15 is 0 Å². The van der Waals surface area contributed by atoms with E-state index in [1.807, 2.05) is 13.0 Å². The number of nitriles is 1. The first-order chi connectivity index (χ1) is 11.4. The number of nitrogens with two attached hydrogens (primary N) is 1. The molecule has 0 bridgehead atoms. The SMILES string of the molecule is CC1CC=CN=C(N)c2ccc(C3OC(C#N)(CO)C(O)C3F)n21. The Bertz CT molecular complexity index is 738. The number of aliphatic imine (C=N–C) groups is 1. The molecule has 128 valence electrons. The average molecular weight is 334 g/mol. The summed E-state index contributed by atoms with van der Waals surface area (Å²) < 4.78 is 21.9. The smallest absolute Gasteiger partial charge is 0.206 e. The van der Waals surface area contributed by atoms with E-state index in [1.54, 1.807) is 29.0 Å². The predicted octanol–water partition coefficient (Wildman–Crippen LogP) is 0.697. The fraction of sp³-hybridized carbons (Fsp3) is 0.500. The summed E-state index contributed by atoms with van der Waals surface area (Å²) in [5, 5.41) is 28.7. The number of allylic oxidation sites excluding steroid dienone is 1. The van der Waals surface area contributed by atoms with E-state index in [1.165, 1.54) is 0 Å².